The number of piperidine rings is 1. The van der Waals surface area contributed by atoms with Crippen molar-refractivity contribution in [3.05, 3.63) is 59.4 Å². The lowest BCUT2D eigenvalue weighted by Gasteiger charge is -2.61. The number of phenols is 1. The number of likely N-dealkylation sites (tertiary alicyclic amines) is 2. The normalized spacial score (nSPS) is 32.7. The molecule has 0 amide bonds. The van der Waals surface area contributed by atoms with Crippen molar-refractivity contribution in [3.8, 4) is 5.75 Å². The summed E-state index contributed by atoms with van der Waals surface area (Å²) in [5.41, 5.74) is 2.84. The number of aromatic nitrogens is 1. The molecule has 5 heteroatoms. The van der Waals surface area contributed by atoms with Crippen molar-refractivity contribution in [2.45, 2.75) is 62.0 Å². The second kappa shape index (κ2) is 7.82. The van der Waals surface area contributed by atoms with E-state index in [0.717, 1.165) is 70.7 Å². The third-order valence-electron chi connectivity index (χ3n) is 8.96. The maximum absolute atomic E-state index is 12.5. The minimum atomic E-state index is -0.732. The van der Waals surface area contributed by atoms with Crippen molar-refractivity contribution in [1.82, 2.24) is 14.8 Å². The van der Waals surface area contributed by atoms with Crippen LogP contribution in [0.5, 0.6) is 5.75 Å². The number of pyridine rings is 1. The van der Waals surface area contributed by atoms with E-state index >= 15 is 0 Å². The Kier molecular flexibility index (Phi) is 5.05. The summed E-state index contributed by atoms with van der Waals surface area (Å²) in [5, 5.41) is 22.9. The SMILES string of the molecule is Oc1ccc2c(c1)[C@@]13CCN(CCc4cccnc4)CC[C@@]1(O)[C@@H](C2)N(CC1CC1)CC3. The minimum absolute atomic E-state index is 0.187. The van der Waals surface area contributed by atoms with Gasteiger partial charge in [0, 0.05) is 43.5 Å². The third-order valence-corrected chi connectivity index (χ3v) is 8.96. The smallest absolute Gasteiger partial charge is 0.115 e. The Bertz CT molecular complexity index is 978. The summed E-state index contributed by atoms with van der Waals surface area (Å²) < 4.78 is 0. The number of aromatic hydroxyl groups is 1. The molecule has 3 fully saturated rings. The van der Waals surface area contributed by atoms with Gasteiger partial charge in [-0.05, 0) is 98.8 Å². The van der Waals surface area contributed by atoms with E-state index in [1.807, 2.05) is 30.6 Å². The number of nitrogens with zero attached hydrogens (tertiary/aromatic N) is 3. The van der Waals surface area contributed by atoms with Gasteiger partial charge in [0.25, 0.3) is 0 Å². The van der Waals surface area contributed by atoms with Crippen LogP contribution in [0.1, 0.15) is 48.8 Å². The maximum atomic E-state index is 12.5. The van der Waals surface area contributed by atoms with Crippen LogP contribution in [0.3, 0.4) is 0 Å². The van der Waals surface area contributed by atoms with Crippen molar-refractivity contribution < 1.29 is 10.2 Å². The van der Waals surface area contributed by atoms with Crippen LogP contribution in [0, 0.1) is 5.92 Å². The van der Waals surface area contributed by atoms with Crippen LogP contribution in [0.4, 0.5) is 0 Å². The first-order chi connectivity index (χ1) is 15.6. The fourth-order valence-corrected chi connectivity index (χ4v) is 6.97. The topological polar surface area (TPSA) is 59.8 Å². The molecule has 2 bridgehead atoms. The number of hydrogen-bond acceptors (Lipinski definition) is 5. The Morgan fingerprint density at radius 2 is 1.91 bits per heavy atom. The standard InChI is InChI=1S/C27H35N3O2/c31-23-6-5-22-16-25-27(32)10-14-29(12-7-20-2-1-11-28-18-20)13-8-26(27,24(22)17-23)9-15-30(25)19-21-3-4-21/h1-2,5-6,11,17-18,21,25,31-32H,3-4,7-10,12-16,19H2/t25-,26+,27-/m1/s1. The van der Waals surface area contributed by atoms with E-state index in [0.29, 0.717) is 5.75 Å². The molecule has 1 aromatic heterocycles. The summed E-state index contributed by atoms with van der Waals surface area (Å²) in [5.74, 6) is 1.16. The lowest BCUT2D eigenvalue weighted by atomic mass is 9.52. The average molecular weight is 434 g/mol. The van der Waals surface area contributed by atoms with Crippen LogP contribution in [-0.2, 0) is 18.3 Å². The molecule has 5 nitrogen and oxygen atoms in total. The van der Waals surface area contributed by atoms with Gasteiger partial charge in [-0.15, -0.1) is 0 Å². The summed E-state index contributed by atoms with van der Waals surface area (Å²) in [4.78, 5) is 9.43. The fourth-order valence-electron chi connectivity index (χ4n) is 6.97. The molecule has 2 aliphatic heterocycles. The number of hydrogen-bond donors (Lipinski definition) is 2. The summed E-state index contributed by atoms with van der Waals surface area (Å²) >= 11 is 0. The molecule has 170 valence electrons. The molecule has 4 aliphatic rings. The van der Waals surface area contributed by atoms with E-state index in [1.165, 1.54) is 29.5 Å². The third kappa shape index (κ3) is 3.37. The van der Waals surface area contributed by atoms with E-state index in [-0.39, 0.29) is 11.5 Å². The highest BCUT2D eigenvalue weighted by Crippen LogP contribution is 2.56. The number of aliphatic hydroxyl groups is 1. The van der Waals surface area contributed by atoms with Crippen molar-refractivity contribution in [3.63, 3.8) is 0 Å². The number of rotatable bonds is 5. The van der Waals surface area contributed by atoms with Crippen LogP contribution in [-0.4, -0.2) is 69.4 Å². The van der Waals surface area contributed by atoms with Gasteiger partial charge in [-0.1, -0.05) is 12.1 Å². The molecule has 1 aromatic carbocycles. The highest BCUT2D eigenvalue weighted by molar-refractivity contribution is 5.48. The highest BCUT2D eigenvalue weighted by atomic mass is 16.3. The average Bonchev–Trinajstić information content (AvgIpc) is 3.63. The van der Waals surface area contributed by atoms with Gasteiger partial charge in [-0.25, -0.2) is 0 Å². The molecule has 2 aromatic rings. The molecular weight excluding hydrogens is 398 g/mol. The van der Waals surface area contributed by atoms with Crippen molar-refractivity contribution >= 4 is 0 Å². The first-order valence-corrected chi connectivity index (χ1v) is 12.5. The van der Waals surface area contributed by atoms with Crippen LogP contribution < -0.4 is 0 Å². The fraction of sp³-hybridized carbons (Fsp3) is 0.593. The molecule has 3 atom stereocenters. The Hall–Kier alpha value is -1.95. The number of benzene rings is 1. The number of phenolic OH excluding ortho intramolecular Hbond substituents is 1. The van der Waals surface area contributed by atoms with E-state index in [4.69, 9.17) is 0 Å². The molecule has 6 rings (SSSR count). The van der Waals surface area contributed by atoms with Gasteiger partial charge >= 0.3 is 0 Å². The van der Waals surface area contributed by atoms with Gasteiger partial charge in [-0.2, -0.15) is 0 Å². The lowest BCUT2D eigenvalue weighted by molar-refractivity contribution is -0.149. The van der Waals surface area contributed by atoms with Crippen molar-refractivity contribution in [2.75, 3.05) is 32.7 Å². The van der Waals surface area contributed by atoms with Gasteiger partial charge in [0.15, 0.2) is 0 Å². The maximum Gasteiger partial charge on any atom is 0.115 e. The van der Waals surface area contributed by atoms with Crippen molar-refractivity contribution in [2.24, 2.45) is 5.92 Å². The predicted octanol–water partition coefficient (Wildman–Crippen LogP) is 3.14. The Morgan fingerprint density at radius 1 is 1.06 bits per heavy atom. The molecular formula is C27H35N3O2. The second-order valence-electron chi connectivity index (χ2n) is 10.7. The molecule has 3 heterocycles. The molecule has 32 heavy (non-hydrogen) atoms. The summed E-state index contributed by atoms with van der Waals surface area (Å²) in [6.07, 6.45) is 11.1. The van der Waals surface area contributed by atoms with Gasteiger partial charge in [0.1, 0.15) is 5.75 Å². The van der Waals surface area contributed by atoms with E-state index in [9.17, 15) is 10.2 Å². The molecule has 2 N–H and O–H groups in total. The van der Waals surface area contributed by atoms with Crippen LogP contribution in [0.25, 0.3) is 0 Å². The van der Waals surface area contributed by atoms with Crippen molar-refractivity contribution in [1.29, 1.82) is 0 Å². The first kappa shape index (κ1) is 20.6. The minimum Gasteiger partial charge on any atom is -0.508 e. The lowest BCUT2D eigenvalue weighted by Crippen LogP contribution is -2.71. The van der Waals surface area contributed by atoms with E-state index < -0.39 is 5.60 Å². The zero-order valence-corrected chi connectivity index (χ0v) is 18.9. The second-order valence-corrected chi connectivity index (χ2v) is 10.7. The molecule has 1 saturated carbocycles. The quantitative estimate of drug-likeness (QED) is 0.759. The van der Waals surface area contributed by atoms with Crippen LogP contribution in [0.2, 0.25) is 0 Å². The summed E-state index contributed by atoms with van der Waals surface area (Å²) in [7, 11) is 0. The van der Waals surface area contributed by atoms with Crippen LogP contribution >= 0.6 is 0 Å². The van der Waals surface area contributed by atoms with Gasteiger partial charge < -0.3 is 15.1 Å². The largest absolute Gasteiger partial charge is 0.508 e. The summed E-state index contributed by atoms with van der Waals surface area (Å²) in [6.45, 7) is 5.13. The molecule has 0 spiro atoms. The zero-order chi connectivity index (χ0) is 21.8. The molecule has 2 aliphatic carbocycles. The Balaban J connectivity index is 1.31. The Morgan fingerprint density at radius 3 is 2.72 bits per heavy atom. The Labute approximate surface area is 191 Å². The predicted molar refractivity (Wildman–Crippen MR) is 125 cm³/mol. The zero-order valence-electron chi connectivity index (χ0n) is 18.9. The first-order valence-electron chi connectivity index (χ1n) is 12.5. The van der Waals surface area contributed by atoms with Gasteiger partial charge in [0.2, 0.25) is 0 Å². The number of fused-ring (bicyclic) bond motifs is 1. The monoisotopic (exact) mass is 433 g/mol. The molecule has 0 radical (unpaired) electrons. The van der Waals surface area contributed by atoms with Crippen LogP contribution in [0.15, 0.2) is 42.7 Å². The summed E-state index contributed by atoms with van der Waals surface area (Å²) in [6, 6.07) is 10.3. The van der Waals surface area contributed by atoms with E-state index in [1.54, 1.807) is 0 Å². The molecule has 0 unspecified atom stereocenters. The molecule has 2 saturated heterocycles. The highest BCUT2D eigenvalue weighted by Gasteiger charge is 2.63. The van der Waals surface area contributed by atoms with E-state index in [2.05, 4.69) is 26.9 Å². The van der Waals surface area contributed by atoms with Gasteiger partial charge in [0.05, 0.1) is 5.60 Å². The van der Waals surface area contributed by atoms with Gasteiger partial charge in [-0.3, -0.25) is 9.88 Å².